The fraction of sp³-hybridized carbons (Fsp3) is 0.450. The van der Waals surface area contributed by atoms with Gasteiger partial charge >= 0.3 is 0 Å². The smallest absolute Gasteiger partial charge is 0.274 e. The van der Waals surface area contributed by atoms with Gasteiger partial charge in [-0.15, -0.1) is 0 Å². The number of para-hydroxylation sites is 2. The molecule has 0 bridgehead atoms. The van der Waals surface area contributed by atoms with Crippen LogP contribution in [0.25, 0.3) is 0 Å². The molecule has 2 aliphatic rings. The Hall–Kier alpha value is -2.36. The summed E-state index contributed by atoms with van der Waals surface area (Å²) in [6.07, 6.45) is 1.59. The fourth-order valence-electron chi connectivity index (χ4n) is 3.77. The predicted octanol–water partition coefficient (Wildman–Crippen LogP) is 0.857. The van der Waals surface area contributed by atoms with Gasteiger partial charge in [0, 0.05) is 19.2 Å². The summed E-state index contributed by atoms with van der Waals surface area (Å²) in [6.45, 7) is 5.08. The summed E-state index contributed by atoms with van der Waals surface area (Å²) in [5.74, 6) is 1.80. The van der Waals surface area contributed by atoms with Crippen molar-refractivity contribution in [1.29, 1.82) is 0 Å². The van der Waals surface area contributed by atoms with Crippen LogP contribution in [0.5, 0.6) is 5.75 Å². The van der Waals surface area contributed by atoms with Gasteiger partial charge in [0.1, 0.15) is 29.9 Å². The highest BCUT2D eigenvalue weighted by molar-refractivity contribution is 7.89. The first-order valence-electron chi connectivity index (χ1n) is 9.82. The van der Waals surface area contributed by atoms with Crippen LogP contribution in [0.3, 0.4) is 0 Å². The molecule has 2 aromatic rings. The first-order chi connectivity index (χ1) is 14.1. The van der Waals surface area contributed by atoms with E-state index in [1.165, 1.54) is 4.31 Å². The second kappa shape index (κ2) is 8.56. The molecule has 2 saturated heterocycles. The van der Waals surface area contributed by atoms with Gasteiger partial charge in [-0.1, -0.05) is 12.1 Å². The topological polar surface area (TPSA) is 76.5 Å². The van der Waals surface area contributed by atoms with E-state index in [1.54, 1.807) is 19.4 Å². The molecule has 29 heavy (non-hydrogen) atoms. The molecule has 0 atom stereocenters. The van der Waals surface area contributed by atoms with E-state index in [-0.39, 0.29) is 4.90 Å². The van der Waals surface area contributed by atoms with Crippen LogP contribution in [0.2, 0.25) is 0 Å². The molecule has 2 fully saturated rings. The van der Waals surface area contributed by atoms with Crippen molar-refractivity contribution in [2.45, 2.75) is 4.90 Å². The third-order valence-corrected chi connectivity index (χ3v) is 7.32. The highest BCUT2D eigenvalue weighted by Crippen LogP contribution is 2.28. The number of H-pyrrole nitrogens is 1. The predicted molar refractivity (Wildman–Crippen MR) is 110 cm³/mol. The van der Waals surface area contributed by atoms with Crippen LogP contribution in [0.4, 0.5) is 11.5 Å². The number of benzene rings is 1. The lowest BCUT2D eigenvalue weighted by molar-refractivity contribution is -0.367. The molecule has 3 heterocycles. The number of nitrogens with one attached hydrogen (secondary N) is 1. The van der Waals surface area contributed by atoms with Gasteiger partial charge in [-0.25, -0.2) is 13.4 Å². The molecule has 1 N–H and O–H groups in total. The van der Waals surface area contributed by atoms with E-state index >= 15 is 0 Å². The second-order valence-corrected chi connectivity index (χ2v) is 9.01. The number of rotatable bonds is 5. The van der Waals surface area contributed by atoms with Crippen LogP contribution >= 0.6 is 0 Å². The van der Waals surface area contributed by atoms with Gasteiger partial charge < -0.3 is 14.4 Å². The molecule has 0 spiro atoms. The summed E-state index contributed by atoms with van der Waals surface area (Å²) in [4.78, 5) is 8.01. The molecule has 156 valence electrons. The van der Waals surface area contributed by atoms with E-state index in [4.69, 9.17) is 9.47 Å². The van der Waals surface area contributed by atoms with Gasteiger partial charge in [-0.3, -0.25) is 4.90 Å². The Morgan fingerprint density at radius 1 is 0.931 bits per heavy atom. The van der Waals surface area contributed by atoms with Crippen LogP contribution < -0.4 is 19.5 Å². The van der Waals surface area contributed by atoms with Crippen molar-refractivity contribution in [3.8, 4) is 5.75 Å². The number of hydrogen-bond donors (Lipinski definition) is 0. The molecule has 0 aliphatic carbocycles. The van der Waals surface area contributed by atoms with Gasteiger partial charge in [0.2, 0.25) is 10.0 Å². The number of morpholine rings is 1. The highest BCUT2D eigenvalue weighted by Gasteiger charge is 2.29. The molecular formula is C20H27N4O4S+. The summed E-state index contributed by atoms with van der Waals surface area (Å²) >= 11 is 0. The number of anilines is 2. The summed E-state index contributed by atoms with van der Waals surface area (Å²) in [7, 11) is -1.79. The number of sulfonamides is 1. The van der Waals surface area contributed by atoms with Crippen molar-refractivity contribution < 1.29 is 22.9 Å². The Morgan fingerprint density at radius 3 is 2.28 bits per heavy atom. The first-order valence-corrected chi connectivity index (χ1v) is 11.3. The van der Waals surface area contributed by atoms with Crippen molar-refractivity contribution in [3.05, 3.63) is 42.6 Å². The third kappa shape index (κ3) is 4.17. The zero-order valence-corrected chi connectivity index (χ0v) is 17.4. The minimum Gasteiger partial charge on any atom is -0.495 e. The summed E-state index contributed by atoms with van der Waals surface area (Å²) in [5, 5.41) is 0. The molecule has 9 heteroatoms. The van der Waals surface area contributed by atoms with Crippen molar-refractivity contribution in [2.75, 3.05) is 69.4 Å². The van der Waals surface area contributed by atoms with Crippen molar-refractivity contribution in [2.24, 2.45) is 0 Å². The van der Waals surface area contributed by atoms with Crippen molar-refractivity contribution in [3.63, 3.8) is 0 Å². The van der Waals surface area contributed by atoms with Crippen molar-refractivity contribution >= 4 is 21.5 Å². The Labute approximate surface area is 171 Å². The van der Waals surface area contributed by atoms with Gasteiger partial charge in [0.15, 0.2) is 0 Å². The molecule has 0 unspecified atom stereocenters. The Balaban J connectivity index is 1.42. The third-order valence-electron chi connectivity index (χ3n) is 5.42. The van der Waals surface area contributed by atoms with Gasteiger partial charge in [0.05, 0.1) is 39.1 Å². The largest absolute Gasteiger partial charge is 0.495 e. The average molecular weight is 420 g/mol. The number of nitrogens with zero attached hydrogens (tertiary/aromatic N) is 3. The summed E-state index contributed by atoms with van der Waals surface area (Å²) < 4.78 is 37.7. The SMILES string of the molecule is COc1ccccc1N1CCN(c2ccc(S(=O)(=O)N3CCOCC3)c[nH+]2)CC1. The standard InChI is InChI=1S/C20H26N4O4S/c1-27-19-5-3-2-4-18(19)22-8-10-23(11-9-22)20-7-6-17(16-21-20)29(25,26)24-12-14-28-15-13-24/h2-7,16H,8-15H2,1H3/p+1. The maximum atomic E-state index is 12.8. The molecule has 8 nitrogen and oxygen atoms in total. The zero-order chi connectivity index (χ0) is 20.3. The Morgan fingerprint density at radius 2 is 1.62 bits per heavy atom. The quantitative estimate of drug-likeness (QED) is 0.716. The van der Waals surface area contributed by atoms with E-state index in [0.29, 0.717) is 26.3 Å². The lowest BCUT2D eigenvalue weighted by Gasteiger charge is -2.33. The highest BCUT2D eigenvalue weighted by atomic mass is 32.2. The maximum Gasteiger partial charge on any atom is 0.274 e. The molecule has 0 saturated carbocycles. The monoisotopic (exact) mass is 419 g/mol. The second-order valence-electron chi connectivity index (χ2n) is 7.07. The minimum absolute atomic E-state index is 0.288. The van der Waals surface area contributed by atoms with E-state index in [1.807, 2.05) is 24.3 Å². The lowest BCUT2D eigenvalue weighted by atomic mass is 10.2. The van der Waals surface area contributed by atoms with Gasteiger partial charge in [-0.05, 0) is 18.2 Å². The molecular weight excluding hydrogens is 392 g/mol. The van der Waals surface area contributed by atoms with Gasteiger partial charge in [-0.2, -0.15) is 4.31 Å². The average Bonchev–Trinajstić information content (AvgIpc) is 2.80. The number of pyridine rings is 1. The number of hydrogen-bond acceptors (Lipinski definition) is 6. The fourth-order valence-corrected chi connectivity index (χ4v) is 5.15. The summed E-state index contributed by atoms with van der Waals surface area (Å²) in [6, 6.07) is 11.6. The number of methoxy groups -OCH3 is 1. The van der Waals surface area contributed by atoms with Crippen molar-refractivity contribution in [1.82, 2.24) is 4.31 Å². The van der Waals surface area contributed by atoms with E-state index in [2.05, 4.69) is 20.9 Å². The first kappa shape index (κ1) is 19.9. The normalized spacial score (nSPS) is 18.7. The van der Waals surface area contributed by atoms with Crippen LogP contribution in [0, 0.1) is 0 Å². The molecule has 1 aromatic heterocycles. The zero-order valence-electron chi connectivity index (χ0n) is 16.6. The van der Waals surface area contributed by atoms with Crippen LogP contribution in [-0.2, 0) is 14.8 Å². The van der Waals surface area contributed by atoms with Crippen LogP contribution in [0.15, 0.2) is 47.5 Å². The Kier molecular flexibility index (Phi) is 5.89. The number of piperazine rings is 1. The van der Waals surface area contributed by atoms with E-state index < -0.39 is 10.0 Å². The molecule has 0 amide bonds. The number of ether oxygens (including phenoxy) is 2. The van der Waals surface area contributed by atoms with Crippen LogP contribution in [0.1, 0.15) is 0 Å². The van der Waals surface area contributed by atoms with Gasteiger partial charge in [0.25, 0.3) is 5.82 Å². The molecule has 2 aliphatic heterocycles. The lowest BCUT2D eigenvalue weighted by Crippen LogP contribution is -2.48. The van der Waals surface area contributed by atoms with E-state index in [0.717, 1.165) is 43.4 Å². The molecule has 4 rings (SSSR count). The maximum absolute atomic E-state index is 12.8. The van der Waals surface area contributed by atoms with Crippen LogP contribution in [-0.4, -0.2) is 72.3 Å². The minimum atomic E-state index is -3.48. The van der Waals surface area contributed by atoms with E-state index in [9.17, 15) is 8.42 Å². The summed E-state index contributed by atoms with van der Waals surface area (Å²) in [5.41, 5.74) is 1.10. The number of aromatic amines is 1. The molecule has 0 radical (unpaired) electrons. The Bertz CT molecular complexity index is 922. The molecule has 1 aromatic carbocycles. The number of aromatic nitrogens is 1.